The monoisotopic (exact) mass is 342 g/mol. The molecule has 0 saturated carbocycles. The summed E-state index contributed by atoms with van der Waals surface area (Å²) in [6, 6.07) is 2.26. The molecule has 0 aromatic heterocycles. The normalized spacial score (nSPS) is 10.8. The molecule has 0 fully saturated rings. The van der Waals surface area contributed by atoms with Crippen molar-refractivity contribution in [2.75, 3.05) is 11.1 Å². The summed E-state index contributed by atoms with van der Waals surface area (Å²) in [4.78, 5) is 0. The maximum absolute atomic E-state index is 13.5. The van der Waals surface area contributed by atoms with Crippen LogP contribution in [0, 0.1) is 29.1 Å². The summed E-state index contributed by atoms with van der Waals surface area (Å²) < 4.78 is 66.1. The van der Waals surface area contributed by atoms with Gasteiger partial charge in [-0.3, -0.25) is 0 Å². The number of hydrogen-bond donors (Lipinski definition) is 2. The van der Waals surface area contributed by atoms with Gasteiger partial charge in [-0.1, -0.05) is 23.2 Å². The maximum atomic E-state index is 13.5. The first kappa shape index (κ1) is 15.7. The van der Waals surface area contributed by atoms with Crippen molar-refractivity contribution in [1.29, 1.82) is 0 Å². The highest BCUT2D eigenvalue weighted by Gasteiger charge is 2.26. The number of anilines is 3. The van der Waals surface area contributed by atoms with Gasteiger partial charge in [0.2, 0.25) is 5.82 Å². The first-order valence-corrected chi connectivity index (χ1v) is 6.02. The quantitative estimate of drug-likeness (QED) is 0.348. The van der Waals surface area contributed by atoms with Gasteiger partial charge in [0.1, 0.15) is 5.69 Å². The molecule has 3 N–H and O–H groups in total. The Kier molecular flexibility index (Phi) is 4.15. The van der Waals surface area contributed by atoms with E-state index in [9.17, 15) is 22.0 Å². The molecule has 0 amide bonds. The van der Waals surface area contributed by atoms with Crippen LogP contribution in [0.3, 0.4) is 0 Å². The summed E-state index contributed by atoms with van der Waals surface area (Å²) in [6.45, 7) is 0. The molecule has 0 aliphatic carbocycles. The highest BCUT2D eigenvalue weighted by Crippen LogP contribution is 2.35. The van der Waals surface area contributed by atoms with Gasteiger partial charge >= 0.3 is 0 Å². The molecule has 0 radical (unpaired) electrons. The highest BCUT2D eigenvalue weighted by molar-refractivity contribution is 6.42. The van der Waals surface area contributed by atoms with Crippen LogP contribution in [0.1, 0.15) is 0 Å². The second kappa shape index (κ2) is 5.57. The standard InChI is InChI=1S/C12H5Cl2F5N2/c13-3-1-5(20)6(2-4(3)14)21-12-10(18)8(16)7(15)9(17)11(12)19/h1-2,21H,20H2. The molecule has 2 rings (SSSR count). The molecule has 0 atom stereocenters. The Balaban J connectivity index is 2.58. The van der Waals surface area contributed by atoms with Crippen molar-refractivity contribution in [2.24, 2.45) is 0 Å². The van der Waals surface area contributed by atoms with Crippen LogP contribution in [0.5, 0.6) is 0 Å². The molecule has 0 bridgehead atoms. The third kappa shape index (κ3) is 2.71. The van der Waals surface area contributed by atoms with Crippen molar-refractivity contribution in [3.63, 3.8) is 0 Å². The van der Waals surface area contributed by atoms with Crippen LogP contribution in [-0.2, 0) is 0 Å². The lowest BCUT2D eigenvalue weighted by Gasteiger charge is -2.13. The number of nitrogen functional groups attached to an aromatic ring is 1. The van der Waals surface area contributed by atoms with Crippen LogP contribution < -0.4 is 11.1 Å². The van der Waals surface area contributed by atoms with E-state index in [0.29, 0.717) is 0 Å². The lowest BCUT2D eigenvalue weighted by molar-refractivity contribution is 0.382. The Morgan fingerprint density at radius 3 is 1.71 bits per heavy atom. The Morgan fingerprint density at radius 1 is 0.762 bits per heavy atom. The van der Waals surface area contributed by atoms with E-state index in [4.69, 9.17) is 28.9 Å². The van der Waals surface area contributed by atoms with Crippen LogP contribution in [0.4, 0.5) is 39.0 Å². The second-order valence-corrected chi connectivity index (χ2v) is 4.74. The van der Waals surface area contributed by atoms with Gasteiger partial charge in [0.25, 0.3) is 0 Å². The minimum absolute atomic E-state index is 0.0164. The molecule has 0 unspecified atom stereocenters. The molecule has 0 heterocycles. The topological polar surface area (TPSA) is 38.0 Å². The van der Waals surface area contributed by atoms with E-state index in [0.717, 1.165) is 12.1 Å². The summed E-state index contributed by atoms with van der Waals surface area (Å²) in [6.07, 6.45) is 0. The second-order valence-electron chi connectivity index (χ2n) is 3.92. The fraction of sp³-hybridized carbons (Fsp3) is 0. The first-order chi connectivity index (χ1) is 9.73. The molecule has 112 valence electrons. The summed E-state index contributed by atoms with van der Waals surface area (Å²) in [7, 11) is 0. The molecular weight excluding hydrogens is 338 g/mol. The maximum Gasteiger partial charge on any atom is 0.200 e. The zero-order valence-electron chi connectivity index (χ0n) is 9.88. The Morgan fingerprint density at radius 2 is 1.19 bits per heavy atom. The number of benzene rings is 2. The number of rotatable bonds is 2. The molecule has 0 aliphatic rings. The predicted molar refractivity (Wildman–Crippen MR) is 70.4 cm³/mol. The molecule has 0 saturated heterocycles. The van der Waals surface area contributed by atoms with Gasteiger partial charge in [0.15, 0.2) is 23.3 Å². The molecule has 0 aliphatic heterocycles. The van der Waals surface area contributed by atoms with Crippen molar-refractivity contribution in [3.8, 4) is 0 Å². The van der Waals surface area contributed by atoms with Gasteiger partial charge in [0.05, 0.1) is 21.4 Å². The van der Waals surface area contributed by atoms with Crippen LogP contribution >= 0.6 is 23.2 Å². The fourth-order valence-electron chi connectivity index (χ4n) is 1.52. The summed E-state index contributed by atoms with van der Waals surface area (Å²) in [5.41, 5.74) is 4.04. The number of nitrogens with two attached hydrogens (primary N) is 1. The van der Waals surface area contributed by atoms with E-state index in [1.54, 1.807) is 0 Å². The largest absolute Gasteiger partial charge is 0.397 e. The fourth-order valence-corrected chi connectivity index (χ4v) is 1.86. The average Bonchev–Trinajstić information content (AvgIpc) is 2.44. The van der Waals surface area contributed by atoms with Crippen LogP contribution in [0.15, 0.2) is 12.1 Å². The smallest absolute Gasteiger partial charge is 0.200 e. The molecule has 9 heteroatoms. The third-order valence-corrected chi connectivity index (χ3v) is 3.28. The van der Waals surface area contributed by atoms with Gasteiger partial charge < -0.3 is 11.1 Å². The molecule has 2 aromatic rings. The van der Waals surface area contributed by atoms with E-state index in [1.807, 2.05) is 5.32 Å². The van der Waals surface area contributed by atoms with E-state index in [1.165, 1.54) is 0 Å². The van der Waals surface area contributed by atoms with Crippen LogP contribution in [0.25, 0.3) is 0 Å². The van der Waals surface area contributed by atoms with E-state index < -0.39 is 34.8 Å². The minimum Gasteiger partial charge on any atom is -0.397 e. The number of hydrogen-bond acceptors (Lipinski definition) is 2. The Bertz CT molecular complexity index is 707. The third-order valence-electron chi connectivity index (χ3n) is 2.56. The number of nitrogens with one attached hydrogen (secondary N) is 1. The van der Waals surface area contributed by atoms with Crippen molar-refractivity contribution in [2.45, 2.75) is 0 Å². The van der Waals surface area contributed by atoms with E-state index in [2.05, 4.69) is 0 Å². The van der Waals surface area contributed by atoms with Gasteiger partial charge in [0, 0.05) is 0 Å². The predicted octanol–water partition coefficient (Wildman–Crippen LogP) is 5.01. The first-order valence-electron chi connectivity index (χ1n) is 5.27. The molecule has 2 aromatic carbocycles. The molecule has 21 heavy (non-hydrogen) atoms. The summed E-state index contributed by atoms with van der Waals surface area (Å²) in [5.74, 6) is -10.4. The van der Waals surface area contributed by atoms with Crippen LogP contribution in [-0.4, -0.2) is 0 Å². The highest BCUT2D eigenvalue weighted by atomic mass is 35.5. The Labute approximate surface area is 125 Å². The minimum atomic E-state index is -2.25. The van der Waals surface area contributed by atoms with Gasteiger partial charge in [-0.25, -0.2) is 22.0 Å². The number of halogens is 7. The average molecular weight is 343 g/mol. The van der Waals surface area contributed by atoms with Crippen molar-refractivity contribution >= 4 is 40.3 Å². The van der Waals surface area contributed by atoms with Crippen molar-refractivity contribution in [3.05, 3.63) is 51.3 Å². The molecule has 0 spiro atoms. The lowest BCUT2D eigenvalue weighted by atomic mass is 10.2. The van der Waals surface area contributed by atoms with Crippen molar-refractivity contribution < 1.29 is 22.0 Å². The zero-order valence-corrected chi connectivity index (χ0v) is 11.4. The van der Waals surface area contributed by atoms with Gasteiger partial charge in [-0.15, -0.1) is 0 Å². The SMILES string of the molecule is Nc1cc(Cl)c(Cl)cc1Nc1c(F)c(F)c(F)c(F)c1F. The van der Waals surface area contributed by atoms with E-state index in [-0.39, 0.29) is 21.4 Å². The molecule has 2 nitrogen and oxygen atoms in total. The zero-order chi connectivity index (χ0) is 15.9. The Hall–Kier alpha value is -1.73. The van der Waals surface area contributed by atoms with Gasteiger partial charge in [-0.2, -0.15) is 0 Å². The molecular formula is C12H5Cl2F5N2. The van der Waals surface area contributed by atoms with Crippen molar-refractivity contribution in [1.82, 2.24) is 0 Å². The van der Waals surface area contributed by atoms with Crippen LogP contribution in [0.2, 0.25) is 10.0 Å². The summed E-state index contributed by atoms with van der Waals surface area (Å²) >= 11 is 11.4. The van der Waals surface area contributed by atoms with Gasteiger partial charge in [-0.05, 0) is 12.1 Å². The summed E-state index contributed by atoms with van der Waals surface area (Å²) in [5, 5.41) is 2.07. The lowest BCUT2D eigenvalue weighted by Crippen LogP contribution is -2.07. The van der Waals surface area contributed by atoms with E-state index >= 15 is 0 Å².